The average Bonchev–Trinajstić information content (AvgIpc) is 3.15. The first-order valence-corrected chi connectivity index (χ1v) is 9.44. The topological polar surface area (TPSA) is 80.9 Å². The van der Waals surface area contributed by atoms with Gasteiger partial charge in [-0.2, -0.15) is 5.10 Å². The van der Waals surface area contributed by atoms with Gasteiger partial charge in [-0.15, -0.1) is 0 Å². The molecule has 4 rings (SSSR count). The Hall–Kier alpha value is -3.51. The number of aromatic nitrogens is 4. The predicted molar refractivity (Wildman–Crippen MR) is 114 cm³/mol. The molecule has 0 aliphatic rings. The molecular formula is C22H17ClN4O2. The van der Waals surface area contributed by atoms with E-state index in [1.807, 2.05) is 48.0 Å². The van der Waals surface area contributed by atoms with Gasteiger partial charge in [0.1, 0.15) is 5.15 Å². The van der Waals surface area contributed by atoms with Crippen LogP contribution < -0.4 is 0 Å². The number of aryl methyl sites for hydroxylation is 1. The van der Waals surface area contributed by atoms with Crippen LogP contribution in [-0.4, -0.2) is 30.8 Å². The summed E-state index contributed by atoms with van der Waals surface area (Å²) in [5.74, 6) is -1.03. The zero-order valence-corrected chi connectivity index (χ0v) is 16.3. The minimum Gasteiger partial charge on any atom is -0.478 e. The molecule has 7 heteroatoms. The second-order valence-corrected chi connectivity index (χ2v) is 6.74. The number of nitrogens with zero attached hydrogens (tertiary/aromatic N) is 4. The molecule has 0 fully saturated rings. The molecule has 4 aromatic rings. The summed E-state index contributed by atoms with van der Waals surface area (Å²) in [6.45, 7) is 2.66. The van der Waals surface area contributed by atoms with Crippen molar-refractivity contribution in [3.63, 3.8) is 0 Å². The van der Waals surface area contributed by atoms with Crippen molar-refractivity contribution < 1.29 is 9.90 Å². The number of carboxylic acids is 1. The maximum absolute atomic E-state index is 11.3. The number of pyridine rings is 2. The fraction of sp³-hybridized carbons (Fsp3) is 0.0909. The van der Waals surface area contributed by atoms with E-state index in [-0.39, 0.29) is 0 Å². The SMILES string of the molecule is CCn1ncc2c(-c3ccc(Cl)nc3)c(C=CC(=O)O)c(-c3ccccc3)nc21. The lowest BCUT2D eigenvalue weighted by Gasteiger charge is -2.14. The van der Waals surface area contributed by atoms with E-state index < -0.39 is 5.97 Å². The van der Waals surface area contributed by atoms with Crippen LogP contribution in [0.1, 0.15) is 12.5 Å². The number of hydrogen-bond acceptors (Lipinski definition) is 4. The normalized spacial score (nSPS) is 11.4. The summed E-state index contributed by atoms with van der Waals surface area (Å²) < 4.78 is 1.82. The minimum atomic E-state index is -1.03. The van der Waals surface area contributed by atoms with E-state index in [0.717, 1.165) is 33.8 Å². The molecule has 6 nitrogen and oxygen atoms in total. The lowest BCUT2D eigenvalue weighted by atomic mass is 9.94. The van der Waals surface area contributed by atoms with Gasteiger partial charge in [0.25, 0.3) is 0 Å². The second-order valence-electron chi connectivity index (χ2n) is 6.35. The molecule has 0 radical (unpaired) electrons. The zero-order chi connectivity index (χ0) is 20.4. The standard InChI is InChI=1S/C22H17ClN4O2/c1-2-27-22-17(13-25-27)20(15-8-10-18(23)24-12-15)16(9-11-19(28)29)21(26-22)14-6-4-3-5-7-14/h3-13H,2H2,1H3,(H,28,29). The highest BCUT2D eigenvalue weighted by Gasteiger charge is 2.19. The summed E-state index contributed by atoms with van der Waals surface area (Å²) in [5, 5.41) is 14.9. The van der Waals surface area contributed by atoms with Gasteiger partial charge in [0.05, 0.1) is 11.9 Å². The van der Waals surface area contributed by atoms with Crippen LogP contribution in [0.2, 0.25) is 5.15 Å². The quantitative estimate of drug-likeness (QED) is 0.376. The number of halogens is 1. The molecule has 0 saturated heterocycles. The number of carbonyl (C=O) groups is 1. The van der Waals surface area contributed by atoms with Crippen molar-refractivity contribution in [1.29, 1.82) is 0 Å². The highest BCUT2D eigenvalue weighted by molar-refractivity contribution is 6.29. The lowest BCUT2D eigenvalue weighted by Crippen LogP contribution is -2.01. The third-order valence-electron chi connectivity index (χ3n) is 4.58. The van der Waals surface area contributed by atoms with Gasteiger partial charge in [-0.05, 0) is 25.1 Å². The Kier molecular flexibility index (Phi) is 5.10. The number of carboxylic acid groups (broad SMARTS) is 1. The van der Waals surface area contributed by atoms with Crippen LogP contribution in [0, 0.1) is 0 Å². The molecule has 3 heterocycles. The molecule has 1 aromatic carbocycles. The molecule has 0 aliphatic carbocycles. The van der Waals surface area contributed by atoms with Gasteiger partial charge in [-0.1, -0.05) is 41.9 Å². The number of hydrogen-bond donors (Lipinski definition) is 1. The first kappa shape index (κ1) is 18.8. The molecule has 0 saturated carbocycles. The molecule has 1 N–H and O–H groups in total. The van der Waals surface area contributed by atoms with Crippen LogP contribution in [0.15, 0.2) is 60.9 Å². The monoisotopic (exact) mass is 404 g/mol. The van der Waals surface area contributed by atoms with E-state index in [9.17, 15) is 9.90 Å². The summed E-state index contributed by atoms with van der Waals surface area (Å²) >= 11 is 5.98. The first-order chi connectivity index (χ1) is 14.1. The first-order valence-electron chi connectivity index (χ1n) is 9.06. The van der Waals surface area contributed by atoms with Crippen molar-refractivity contribution in [2.24, 2.45) is 0 Å². The highest BCUT2D eigenvalue weighted by Crippen LogP contribution is 2.37. The molecule has 0 amide bonds. The van der Waals surface area contributed by atoms with E-state index in [4.69, 9.17) is 16.6 Å². The number of aliphatic carboxylic acids is 1. The fourth-order valence-corrected chi connectivity index (χ4v) is 3.41. The van der Waals surface area contributed by atoms with Crippen molar-refractivity contribution in [3.05, 3.63) is 71.7 Å². The molecule has 0 aliphatic heterocycles. The zero-order valence-electron chi connectivity index (χ0n) is 15.6. The van der Waals surface area contributed by atoms with Gasteiger partial charge in [-0.3, -0.25) is 0 Å². The Morgan fingerprint density at radius 3 is 2.59 bits per heavy atom. The van der Waals surface area contributed by atoms with E-state index >= 15 is 0 Å². The predicted octanol–water partition coefficient (Wildman–Crippen LogP) is 4.93. The third kappa shape index (κ3) is 3.62. The smallest absolute Gasteiger partial charge is 0.328 e. The van der Waals surface area contributed by atoms with Gasteiger partial charge in [0.2, 0.25) is 0 Å². The van der Waals surface area contributed by atoms with E-state index in [0.29, 0.717) is 23.0 Å². The maximum atomic E-state index is 11.3. The van der Waals surface area contributed by atoms with Crippen LogP contribution in [0.4, 0.5) is 0 Å². The summed E-state index contributed by atoms with van der Waals surface area (Å²) in [6.07, 6.45) is 6.12. The second kappa shape index (κ2) is 7.85. The van der Waals surface area contributed by atoms with Crippen molar-refractivity contribution in [2.75, 3.05) is 0 Å². The molecule has 0 bridgehead atoms. The highest BCUT2D eigenvalue weighted by atomic mass is 35.5. The summed E-state index contributed by atoms with van der Waals surface area (Å²) in [5.41, 5.74) is 4.59. The Morgan fingerprint density at radius 1 is 1.14 bits per heavy atom. The van der Waals surface area contributed by atoms with Gasteiger partial charge in [0.15, 0.2) is 5.65 Å². The fourth-order valence-electron chi connectivity index (χ4n) is 3.30. The molecule has 3 aromatic heterocycles. The molecule has 0 unspecified atom stereocenters. The van der Waals surface area contributed by atoms with E-state index in [1.165, 1.54) is 0 Å². The van der Waals surface area contributed by atoms with Crippen molar-refractivity contribution in [2.45, 2.75) is 13.5 Å². The van der Waals surface area contributed by atoms with Crippen molar-refractivity contribution in [1.82, 2.24) is 19.7 Å². The number of benzene rings is 1. The van der Waals surface area contributed by atoms with Crippen LogP contribution in [0.3, 0.4) is 0 Å². The van der Waals surface area contributed by atoms with Gasteiger partial charge >= 0.3 is 5.97 Å². The van der Waals surface area contributed by atoms with Gasteiger partial charge in [-0.25, -0.2) is 19.4 Å². The lowest BCUT2D eigenvalue weighted by molar-refractivity contribution is -0.131. The van der Waals surface area contributed by atoms with Crippen molar-refractivity contribution in [3.8, 4) is 22.4 Å². The van der Waals surface area contributed by atoms with Crippen LogP contribution in [0.5, 0.6) is 0 Å². The Labute approximate surface area is 172 Å². The number of fused-ring (bicyclic) bond motifs is 1. The molecule has 0 spiro atoms. The van der Waals surface area contributed by atoms with E-state index in [1.54, 1.807) is 24.5 Å². The molecular weight excluding hydrogens is 388 g/mol. The van der Waals surface area contributed by atoms with Gasteiger partial charge < -0.3 is 5.11 Å². The van der Waals surface area contributed by atoms with Gasteiger partial charge in [0, 0.05) is 46.5 Å². The van der Waals surface area contributed by atoms with E-state index in [2.05, 4.69) is 10.1 Å². The van der Waals surface area contributed by atoms with Crippen LogP contribution in [0.25, 0.3) is 39.5 Å². The molecule has 144 valence electrons. The maximum Gasteiger partial charge on any atom is 0.328 e. The molecule has 29 heavy (non-hydrogen) atoms. The van der Waals surface area contributed by atoms with Crippen LogP contribution in [-0.2, 0) is 11.3 Å². The largest absolute Gasteiger partial charge is 0.478 e. The van der Waals surface area contributed by atoms with Crippen molar-refractivity contribution >= 4 is 34.7 Å². The third-order valence-corrected chi connectivity index (χ3v) is 4.80. The average molecular weight is 405 g/mol. The Bertz CT molecular complexity index is 1220. The summed E-state index contributed by atoms with van der Waals surface area (Å²) in [4.78, 5) is 20.3. The number of rotatable bonds is 5. The Balaban J connectivity index is 2.13. The molecule has 0 atom stereocenters. The summed E-state index contributed by atoms with van der Waals surface area (Å²) in [6, 6.07) is 13.2. The Morgan fingerprint density at radius 2 is 1.93 bits per heavy atom. The minimum absolute atomic E-state index is 0.384. The summed E-state index contributed by atoms with van der Waals surface area (Å²) in [7, 11) is 0. The van der Waals surface area contributed by atoms with Crippen LogP contribution >= 0.6 is 11.6 Å².